The average Bonchev–Trinajstić information content (AvgIpc) is 2.50. The van der Waals surface area contributed by atoms with E-state index in [0.717, 1.165) is 17.5 Å². The van der Waals surface area contributed by atoms with Crippen LogP contribution in [-0.2, 0) is 16.0 Å². The zero-order valence-electron chi connectivity index (χ0n) is 16.3. The number of alkyl carbamates (subject to hydrolysis) is 1. The molecule has 0 atom stereocenters. The Balaban J connectivity index is 2.24. The number of benzene rings is 1. The molecule has 0 fully saturated rings. The molecule has 2 rings (SSSR count). The predicted molar refractivity (Wildman–Crippen MR) is 101 cm³/mol. The summed E-state index contributed by atoms with van der Waals surface area (Å²) in [5.74, 6) is -0.352. The number of hydrogen-bond acceptors (Lipinski definition) is 6. The minimum Gasteiger partial charge on any atom is -0.444 e. The Morgan fingerprint density at radius 2 is 1.89 bits per heavy atom. The van der Waals surface area contributed by atoms with Crippen LogP contribution in [0.3, 0.4) is 0 Å². The van der Waals surface area contributed by atoms with Gasteiger partial charge in [-0.15, -0.1) is 0 Å². The van der Waals surface area contributed by atoms with Crippen molar-refractivity contribution < 1.29 is 23.5 Å². The predicted octanol–water partition coefficient (Wildman–Crippen LogP) is 3.48. The van der Waals surface area contributed by atoms with E-state index >= 15 is 0 Å². The van der Waals surface area contributed by atoms with E-state index in [1.807, 2.05) is 13.8 Å². The van der Waals surface area contributed by atoms with Gasteiger partial charge in [-0.3, -0.25) is 0 Å². The van der Waals surface area contributed by atoms with Gasteiger partial charge < -0.3 is 19.2 Å². The van der Waals surface area contributed by atoms with Crippen molar-refractivity contribution >= 4 is 23.0 Å². The summed E-state index contributed by atoms with van der Waals surface area (Å²) >= 11 is 0. The zero-order valence-corrected chi connectivity index (χ0v) is 16.3. The quantitative estimate of drug-likeness (QED) is 0.488. The lowest BCUT2D eigenvalue weighted by Gasteiger charge is -2.19. The Labute approximate surface area is 157 Å². The minimum atomic E-state index is -0.703. The Morgan fingerprint density at radius 3 is 2.52 bits per heavy atom. The van der Waals surface area contributed by atoms with Crippen LogP contribution in [0.2, 0.25) is 0 Å². The van der Waals surface area contributed by atoms with Gasteiger partial charge >= 0.3 is 17.7 Å². The molecular weight excluding hydrogens is 350 g/mol. The van der Waals surface area contributed by atoms with Gasteiger partial charge in [0.15, 0.2) is 0 Å². The van der Waals surface area contributed by atoms with Gasteiger partial charge in [-0.2, -0.15) is 0 Å². The Morgan fingerprint density at radius 1 is 1.19 bits per heavy atom. The van der Waals surface area contributed by atoms with E-state index in [9.17, 15) is 14.4 Å². The van der Waals surface area contributed by atoms with Gasteiger partial charge in [0.1, 0.15) is 23.5 Å². The van der Waals surface area contributed by atoms with E-state index in [1.54, 1.807) is 32.9 Å². The second-order valence-corrected chi connectivity index (χ2v) is 7.31. The molecule has 0 aliphatic heterocycles. The maximum Gasteiger partial charge on any atom is 0.408 e. The first kappa shape index (κ1) is 20.5. The van der Waals surface area contributed by atoms with Crippen molar-refractivity contribution in [3.05, 3.63) is 39.7 Å². The average molecular weight is 375 g/mol. The fraction of sp³-hybridized carbons (Fsp3) is 0.450. The number of amides is 1. The molecule has 0 saturated heterocycles. The van der Waals surface area contributed by atoms with Crippen molar-refractivity contribution in [1.29, 1.82) is 0 Å². The molecule has 1 aromatic heterocycles. The number of ether oxygens (including phenoxy) is 2. The largest absolute Gasteiger partial charge is 0.444 e. The van der Waals surface area contributed by atoms with Gasteiger partial charge in [-0.05, 0) is 57.4 Å². The topological polar surface area (TPSA) is 94.8 Å². The number of carbonyl (C=O) groups is 2. The molecule has 0 unspecified atom stereocenters. The molecule has 0 bridgehead atoms. The molecule has 0 spiro atoms. The first-order chi connectivity index (χ1) is 12.6. The van der Waals surface area contributed by atoms with Gasteiger partial charge in [-0.1, -0.05) is 13.3 Å². The lowest BCUT2D eigenvalue weighted by atomic mass is 10.0. The lowest BCUT2D eigenvalue weighted by molar-refractivity contribution is -0.133. The molecule has 0 saturated carbocycles. The number of hydrogen-bond donors (Lipinski definition) is 1. The highest BCUT2D eigenvalue weighted by Gasteiger charge is 2.18. The monoisotopic (exact) mass is 375 g/mol. The Bertz CT molecular complexity index is 907. The fourth-order valence-corrected chi connectivity index (χ4v) is 2.63. The number of esters is 1. The first-order valence-electron chi connectivity index (χ1n) is 8.84. The van der Waals surface area contributed by atoms with Crippen LogP contribution in [0.15, 0.2) is 27.4 Å². The van der Waals surface area contributed by atoms with Crippen LogP contribution in [0.25, 0.3) is 11.0 Å². The molecule has 0 radical (unpaired) electrons. The molecule has 1 heterocycles. The second-order valence-electron chi connectivity index (χ2n) is 7.31. The maximum absolute atomic E-state index is 12.2. The molecule has 7 nitrogen and oxygen atoms in total. The van der Waals surface area contributed by atoms with Gasteiger partial charge in [0.25, 0.3) is 0 Å². The van der Waals surface area contributed by atoms with Crippen molar-refractivity contribution in [3.8, 4) is 5.75 Å². The standard InChI is InChI=1S/C20H25NO6/c1-6-7-13-10-16(22)25-14-8-12(2)9-15(18(13)14)26-17(23)11-21-19(24)27-20(3,4)5/h8-10H,6-7,11H2,1-5H3,(H,21,24). The van der Waals surface area contributed by atoms with E-state index in [0.29, 0.717) is 23.1 Å². The minimum absolute atomic E-state index is 0.299. The Hall–Kier alpha value is -2.83. The summed E-state index contributed by atoms with van der Waals surface area (Å²) in [6, 6.07) is 4.84. The maximum atomic E-state index is 12.2. The molecule has 2 aromatic rings. The third-order valence-electron chi connectivity index (χ3n) is 3.55. The summed E-state index contributed by atoms with van der Waals surface area (Å²) in [5.41, 5.74) is 0.802. The molecule has 0 aliphatic rings. The van der Waals surface area contributed by atoms with Crippen molar-refractivity contribution in [3.63, 3.8) is 0 Å². The summed E-state index contributed by atoms with van der Waals surface area (Å²) < 4.78 is 15.8. The third-order valence-corrected chi connectivity index (χ3v) is 3.55. The summed E-state index contributed by atoms with van der Waals surface area (Å²) in [6.45, 7) is 8.64. The first-order valence-corrected chi connectivity index (χ1v) is 8.84. The summed E-state index contributed by atoms with van der Waals surface area (Å²) in [7, 11) is 0. The Kier molecular flexibility index (Phi) is 6.25. The molecular formula is C20H25NO6. The summed E-state index contributed by atoms with van der Waals surface area (Å²) in [4.78, 5) is 35.6. The molecule has 27 heavy (non-hydrogen) atoms. The fourth-order valence-electron chi connectivity index (χ4n) is 2.63. The lowest BCUT2D eigenvalue weighted by Crippen LogP contribution is -2.36. The van der Waals surface area contributed by atoms with Crippen LogP contribution in [0.5, 0.6) is 5.75 Å². The number of nitrogens with one attached hydrogen (secondary N) is 1. The van der Waals surface area contributed by atoms with Crippen LogP contribution in [0.4, 0.5) is 4.79 Å². The van der Waals surface area contributed by atoms with Crippen LogP contribution in [0.1, 0.15) is 45.2 Å². The van der Waals surface area contributed by atoms with Crippen molar-refractivity contribution in [2.45, 2.75) is 53.1 Å². The molecule has 1 aromatic carbocycles. The second kappa shape index (κ2) is 8.24. The molecule has 7 heteroatoms. The van der Waals surface area contributed by atoms with E-state index in [1.165, 1.54) is 6.07 Å². The highest BCUT2D eigenvalue weighted by Crippen LogP contribution is 2.30. The number of aryl methyl sites for hydroxylation is 2. The molecule has 146 valence electrons. The van der Waals surface area contributed by atoms with E-state index in [2.05, 4.69) is 5.32 Å². The van der Waals surface area contributed by atoms with Crippen LogP contribution < -0.4 is 15.7 Å². The molecule has 1 amide bonds. The molecule has 0 aliphatic carbocycles. The van der Waals surface area contributed by atoms with Crippen LogP contribution >= 0.6 is 0 Å². The normalized spacial score (nSPS) is 11.3. The van der Waals surface area contributed by atoms with E-state index in [-0.39, 0.29) is 6.54 Å². The molecule has 1 N–H and O–H groups in total. The van der Waals surface area contributed by atoms with Gasteiger partial charge in [-0.25, -0.2) is 14.4 Å². The van der Waals surface area contributed by atoms with Crippen molar-refractivity contribution in [2.75, 3.05) is 6.54 Å². The summed E-state index contributed by atoms with van der Waals surface area (Å²) in [6.07, 6.45) is 0.762. The third kappa shape index (κ3) is 5.84. The van der Waals surface area contributed by atoms with Gasteiger partial charge in [0.05, 0.1) is 5.39 Å². The summed E-state index contributed by atoms with van der Waals surface area (Å²) in [5, 5.41) is 2.95. The van der Waals surface area contributed by atoms with Gasteiger partial charge in [0.2, 0.25) is 0 Å². The number of rotatable bonds is 5. The van der Waals surface area contributed by atoms with Crippen LogP contribution in [-0.4, -0.2) is 24.2 Å². The van der Waals surface area contributed by atoms with E-state index < -0.39 is 23.3 Å². The number of fused-ring (bicyclic) bond motifs is 1. The number of carbonyl (C=O) groups excluding carboxylic acids is 2. The zero-order chi connectivity index (χ0) is 20.2. The smallest absolute Gasteiger partial charge is 0.408 e. The SMILES string of the molecule is CCCc1cc(=O)oc2cc(C)cc(OC(=O)CNC(=O)OC(C)(C)C)c12. The van der Waals surface area contributed by atoms with Gasteiger partial charge in [0, 0.05) is 6.07 Å². The van der Waals surface area contributed by atoms with Crippen molar-refractivity contribution in [1.82, 2.24) is 5.32 Å². The highest BCUT2D eigenvalue weighted by atomic mass is 16.6. The van der Waals surface area contributed by atoms with Crippen LogP contribution in [0, 0.1) is 6.92 Å². The van der Waals surface area contributed by atoms with E-state index in [4.69, 9.17) is 13.9 Å². The highest BCUT2D eigenvalue weighted by molar-refractivity contribution is 5.90. The van der Waals surface area contributed by atoms with Crippen molar-refractivity contribution in [2.24, 2.45) is 0 Å².